The van der Waals surface area contributed by atoms with Gasteiger partial charge in [-0.3, -0.25) is 28.9 Å². The largest absolute Gasteiger partial charge is 0.444 e. The number of nitrogens with one attached hydrogen (secondary N) is 8. The summed E-state index contributed by atoms with van der Waals surface area (Å²) in [7, 11) is 6.84. The molecule has 85 heavy (non-hydrogen) atoms. The van der Waals surface area contributed by atoms with Crippen LogP contribution in [0.25, 0.3) is 0 Å². The van der Waals surface area contributed by atoms with Crippen molar-refractivity contribution in [3.8, 4) is 0 Å². The summed E-state index contributed by atoms with van der Waals surface area (Å²) < 4.78 is 32.5. The van der Waals surface area contributed by atoms with Gasteiger partial charge in [-0.25, -0.2) is 23.5 Å². The van der Waals surface area contributed by atoms with Crippen molar-refractivity contribution >= 4 is 93.3 Å². The van der Waals surface area contributed by atoms with E-state index in [9.17, 15) is 37.5 Å². The highest BCUT2D eigenvalue weighted by atomic mass is 19.1. The van der Waals surface area contributed by atoms with E-state index in [0.29, 0.717) is 65.4 Å². The van der Waals surface area contributed by atoms with Crippen molar-refractivity contribution in [2.75, 3.05) is 90.4 Å². The number of amides is 6. The highest BCUT2D eigenvalue weighted by molar-refractivity contribution is 6.09. The van der Waals surface area contributed by atoms with E-state index >= 15 is 0 Å². The normalized spacial score (nSPS) is 11.4. The second kappa shape index (κ2) is 33.5. The van der Waals surface area contributed by atoms with Gasteiger partial charge in [-0.05, 0) is 134 Å². The third kappa shape index (κ3) is 22.6. The van der Waals surface area contributed by atoms with Gasteiger partial charge in [0.2, 0.25) is 29.6 Å². The number of hydrogen-bond acceptors (Lipinski definition) is 16. The van der Waals surface area contributed by atoms with Gasteiger partial charge in [0, 0.05) is 86.3 Å². The Morgan fingerprint density at radius 1 is 0.576 bits per heavy atom. The Morgan fingerprint density at radius 3 is 1.35 bits per heavy atom. The minimum absolute atomic E-state index is 0. The van der Waals surface area contributed by atoms with Crippen molar-refractivity contribution in [3.05, 3.63) is 144 Å². The van der Waals surface area contributed by atoms with E-state index in [1.807, 2.05) is 32.8 Å². The molecule has 24 heteroatoms. The fourth-order valence-corrected chi connectivity index (χ4v) is 7.12. The van der Waals surface area contributed by atoms with Crippen molar-refractivity contribution in [2.24, 2.45) is 0 Å². The zero-order valence-electron chi connectivity index (χ0n) is 48.5. The number of likely N-dealkylation sites (N-methyl/N-ethyl adjacent to an activating group) is 3. The Morgan fingerprint density at radius 2 is 0.965 bits per heavy atom. The van der Waals surface area contributed by atoms with Gasteiger partial charge in [0.15, 0.2) is 0 Å². The third-order valence-corrected chi connectivity index (χ3v) is 11.8. The van der Waals surface area contributed by atoms with Gasteiger partial charge >= 0.3 is 6.09 Å². The second-order valence-corrected chi connectivity index (χ2v) is 20.1. The summed E-state index contributed by atoms with van der Waals surface area (Å²) in [6, 6.07) is 23.5. The summed E-state index contributed by atoms with van der Waals surface area (Å²) in [5, 5.41) is 23.3. The molecule has 0 aliphatic heterocycles. The third-order valence-electron chi connectivity index (χ3n) is 11.8. The lowest BCUT2D eigenvalue weighted by molar-refractivity contribution is -0.132. The number of rotatable bonds is 23. The molecule has 2 heterocycles. The van der Waals surface area contributed by atoms with Crippen LogP contribution in [0.4, 0.5) is 71.2 Å². The number of carbonyl (C=O) groups is 6. The molecule has 0 fully saturated rings. The maximum atomic E-state index is 13.6. The van der Waals surface area contributed by atoms with Crippen LogP contribution in [0.3, 0.4) is 0 Å². The van der Waals surface area contributed by atoms with Gasteiger partial charge in [0.05, 0.1) is 0 Å². The zero-order chi connectivity index (χ0) is 60.8. The second-order valence-electron chi connectivity index (χ2n) is 20.1. The Hall–Kier alpha value is -9.58. The number of nitrogens with zero attached hydrogens (tertiary/aromatic N) is 7. The van der Waals surface area contributed by atoms with Gasteiger partial charge in [-0.1, -0.05) is 59.0 Å². The van der Waals surface area contributed by atoms with Crippen LogP contribution < -0.4 is 42.5 Å². The van der Waals surface area contributed by atoms with Gasteiger partial charge in [-0.2, -0.15) is 9.97 Å². The lowest BCUT2D eigenvalue weighted by Gasteiger charge is -2.28. The molecule has 6 aromatic rings. The van der Waals surface area contributed by atoms with E-state index in [-0.39, 0.29) is 49.7 Å². The van der Waals surface area contributed by atoms with E-state index in [0.717, 1.165) is 12.8 Å². The first-order chi connectivity index (χ1) is 39.4. The standard InChI is InChI=1S/C30H37FN8O3.C29H36FN7O4.2CH4/c1-6-15-32-27-25(19-33-30(37-27)36-22-11-7-10-21(31)17-22)29(42)35-24-13-8-12-23(18-24)34-28(41)20(2)39(5)26(40)14-9-16-38(3)4;1-7-14-31-24-23(17-32-27(36-24)35-20-11-8-10-19(30)15-20)26(39)34-22-13-9-12-21(16-22)33-25(38)18(2)37(6)28(40)41-29(3,4)5;;/h7-14,17-20H,6,15-16H2,1-5H3,(H,34,41)(H,35,42)(H2,32,33,36,37);8-13,15-18H,7,14H2,1-6H3,(H,33,38)(H,34,39)(H2,31,32,35,36);2*1H4/b14-9+;;;/t20-;18-;;/m00../s1. The smallest absolute Gasteiger partial charge is 0.410 e. The maximum absolute atomic E-state index is 13.6. The van der Waals surface area contributed by atoms with Crippen LogP contribution in [-0.4, -0.2) is 136 Å². The molecule has 456 valence electrons. The van der Waals surface area contributed by atoms with E-state index in [2.05, 4.69) is 62.5 Å². The molecule has 0 aliphatic carbocycles. The number of benzene rings is 4. The monoisotopic (exact) mass is 1170 g/mol. The molecule has 6 rings (SSSR count). The topological polar surface area (TPSA) is 269 Å². The van der Waals surface area contributed by atoms with Crippen LogP contribution in [0, 0.1) is 11.6 Å². The summed E-state index contributed by atoms with van der Waals surface area (Å²) in [6.45, 7) is 14.2. The average molecular weight is 1170 g/mol. The van der Waals surface area contributed by atoms with Gasteiger partial charge in [0.25, 0.3) is 11.8 Å². The molecule has 22 nitrogen and oxygen atoms in total. The lowest BCUT2D eigenvalue weighted by Crippen LogP contribution is -2.45. The summed E-state index contributed by atoms with van der Waals surface area (Å²) in [6.07, 6.45) is 6.91. The Bertz CT molecular complexity index is 3250. The molecule has 4 aromatic carbocycles. The minimum atomic E-state index is -0.813. The first kappa shape index (κ1) is 69.7. The lowest BCUT2D eigenvalue weighted by atomic mass is 10.2. The molecule has 0 unspecified atom stereocenters. The molecule has 2 aromatic heterocycles. The number of halogens is 2. The van der Waals surface area contributed by atoms with Crippen LogP contribution in [0.1, 0.15) is 96.9 Å². The van der Waals surface area contributed by atoms with Crippen LogP contribution in [0.15, 0.2) is 122 Å². The van der Waals surface area contributed by atoms with Crippen molar-refractivity contribution in [3.63, 3.8) is 0 Å². The molecule has 0 saturated heterocycles. The van der Waals surface area contributed by atoms with Gasteiger partial charge < -0.3 is 57.1 Å². The van der Waals surface area contributed by atoms with Crippen LogP contribution >= 0.6 is 0 Å². The number of carbonyl (C=O) groups excluding carboxylic acids is 6. The molecular formula is C61H81F2N15O7. The maximum Gasteiger partial charge on any atom is 0.410 e. The van der Waals surface area contributed by atoms with E-state index in [1.165, 1.54) is 59.6 Å². The van der Waals surface area contributed by atoms with E-state index < -0.39 is 53.1 Å². The fraction of sp³-hybridized carbons (Fsp3) is 0.344. The molecule has 0 bridgehead atoms. The minimum Gasteiger partial charge on any atom is -0.444 e. The Kier molecular flexibility index (Phi) is 27.5. The predicted molar refractivity (Wildman–Crippen MR) is 334 cm³/mol. The molecule has 0 spiro atoms. The first-order valence-electron chi connectivity index (χ1n) is 26.7. The Balaban J connectivity index is 0.000000435. The molecule has 2 atom stereocenters. The predicted octanol–water partition coefficient (Wildman–Crippen LogP) is 11.2. The van der Waals surface area contributed by atoms with Crippen molar-refractivity contribution in [2.45, 2.75) is 93.8 Å². The fourth-order valence-electron chi connectivity index (χ4n) is 7.12. The summed E-state index contributed by atoms with van der Waals surface area (Å²) in [5.74, 6) is -1.81. The zero-order valence-corrected chi connectivity index (χ0v) is 48.5. The number of ether oxygens (including phenoxy) is 1. The summed E-state index contributed by atoms with van der Waals surface area (Å²) >= 11 is 0. The molecule has 8 N–H and O–H groups in total. The summed E-state index contributed by atoms with van der Waals surface area (Å²) in [5.41, 5.74) is 2.38. The van der Waals surface area contributed by atoms with Crippen molar-refractivity contribution < 1.29 is 42.3 Å². The first-order valence-corrected chi connectivity index (χ1v) is 26.7. The quantitative estimate of drug-likeness (QED) is 0.0277. The Labute approximate surface area is 497 Å². The molecule has 0 saturated carbocycles. The SMILES string of the molecule is C.C.CCCNc1nc(Nc2cccc(F)c2)ncc1C(=O)Nc1cccc(NC(=O)[C@H](C)N(C)C(=O)/C=C/CN(C)C)c1.CCCNc1nc(Nc2cccc(F)c2)ncc1C(=O)Nc1cccc(NC(=O)[C@H](C)N(C)C(=O)OC(C)(C)C)c1. The van der Waals surface area contributed by atoms with Crippen molar-refractivity contribution in [1.29, 1.82) is 0 Å². The number of hydrogen-bond donors (Lipinski definition) is 8. The molecule has 6 amide bonds. The highest BCUT2D eigenvalue weighted by Gasteiger charge is 2.28. The van der Waals surface area contributed by atoms with Gasteiger partial charge in [0.1, 0.15) is 52.1 Å². The number of anilines is 10. The molecule has 0 aliphatic rings. The average Bonchev–Trinajstić information content (AvgIpc) is 3.60. The summed E-state index contributed by atoms with van der Waals surface area (Å²) in [4.78, 5) is 98.5. The van der Waals surface area contributed by atoms with E-state index in [1.54, 1.807) is 121 Å². The number of aromatic nitrogens is 4. The van der Waals surface area contributed by atoms with Crippen LogP contribution in [0.5, 0.6) is 0 Å². The van der Waals surface area contributed by atoms with Gasteiger partial charge in [-0.15, -0.1) is 0 Å². The van der Waals surface area contributed by atoms with Crippen LogP contribution in [0.2, 0.25) is 0 Å². The van der Waals surface area contributed by atoms with Crippen molar-refractivity contribution in [1.82, 2.24) is 34.6 Å². The molecule has 0 radical (unpaired) electrons. The molecular weight excluding hydrogens is 1090 g/mol. The highest BCUT2D eigenvalue weighted by Crippen LogP contribution is 2.24. The van der Waals surface area contributed by atoms with E-state index in [4.69, 9.17) is 4.74 Å². The van der Waals surface area contributed by atoms with Crippen LogP contribution in [-0.2, 0) is 19.1 Å².